The van der Waals surface area contributed by atoms with Crippen molar-refractivity contribution in [1.29, 1.82) is 0 Å². The Morgan fingerprint density at radius 2 is 1.17 bits per heavy atom. The first-order valence-electron chi connectivity index (χ1n) is 12.5. The van der Waals surface area contributed by atoms with E-state index in [1.54, 1.807) is 48.5 Å². The maximum Gasteiger partial charge on any atom is 0.387 e. The van der Waals surface area contributed by atoms with Gasteiger partial charge in [-0.1, -0.05) is 12.1 Å². The number of ether oxygens (including phenoxy) is 3. The number of benzene rings is 4. The van der Waals surface area contributed by atoms with Crippen LogP contribution in [0.15, 0.2) is 97.1 Å². The van der Waals surface area contributed by atoms with Crippen molar-refractivity contribution in [3.63, 3.8) is 0 Å². The predicted molar refractivity (Wildman–Crippen MR) is 145 cm³/mol. The number of hydrazine groups is 1. The lowest BCUT2D eigenvalue weighted by Crippen LogP contribution is -2.40. The lowest BCUT2D eigenvalue weighted by Gasteiger charge is -2.19. The Bertz CT molecular complexity index is 1550. The van der Waals surface area contributed by atoms with Crippen LogP contribution >= 0.6 is 0 Å². The molecular weight excluding hydrogens is 561 g/mol. The highest BCUT2D eigenvalue weighted by Crippen LogP contribution is 2.32. The maximum absolute atomic E-state index is 13.6. The SMILES string of the molecule is O=C(Nc1ccc(Oc2ccc(OC(F)F)cc2)cc1)N1CC(c2ccc(F)cc2)=C(c2ccc(OC(F)F)cc2)N1. The van der Waals surface area contributed by atoms with E-state index in [1.807, 2.05) is 0 Å². The molecule has 1 aliphatic rings. The Balaban J connectivity index is 1.26. The fraction of sp³-hybridized carbons (Fsp3) is 0.100. The molecule has 0 bridgehead atoms. The summed E-state index contributed by atoms with van der Waals surface area (Å²) in [6.45, 7) is -5.76. The van der Waals surface area contributed by atoms with Crippen LogP contribution in [0.25, 0.3) is 11.3 Å². The summed E-state index contributed by atoms with van der Waals surface area (Å²) >= 11 is 0. The van der Waals surface area contributed by atoms with Gasteiger partial charge in [0.25, 0.3) is 0 Å². The second-order valence-electron chi connectivity index (χ2n) is 8.87. The summed E-state index contributed by atoms with van der Waals surface area (Å²) in [7, 11) is 0. The molecule has 0 saturated carbocycles. The Morgan fingerprint density at radius 3 is 1.71 bits per heavy atom. The minimum atomic E-state index is -2.96. The van der Waals surface area contributed by atoms with E-state index >= 15 is 0 Å². The van der Waals surface area contributed by atoms with Gasteiger partial charge in [-0.2, -0.15) is 17.6 Å². The van der Waals surface area contributed by atoms with Crippen molar-refractivity contribution in [2.75, 3.05) is 11.9 Å². The molecule has 0 radical (unpaired) electrons. The van der Waals surface area contributed by atoms with Gasteiger partial charge in [-0.15, -0.1) is 0 Å². The largest absolute Gasteiger partial charge is 0.457 e. The van der Waals surface area contributed by atoms with E-state index in [9.17, 15) is 26.7 Å². The molecule has 2 N–H and O–H groups in total. The highest BCUT2D eigenvalue weighted by Gasteiger charge is 2.28. The third kappa shape index (κ3) is 7.08. The lowest BCUT2D eigenvalue weighted by molar-refractivity contribution is -0.0505. The summed E-state index contributed by atoms with van der Waals surface area (Å²) in [6, 6.07) is 23.3. The summed E-state index contributed by atoms with van der Waals surface area (Å²) in [5.74, 6) is 0.409. The van der Waals surface area contributed by atoms with Gasteiger partial charge < -0.3 is 19.5 Å². The van der Waals surface area contributed by atoms with Crippen molar-refractivity contribution in [1.82, 2.24) is 10.4 Å². The third-order valence-corrected chi connectivity index (χ3v) is 6.06. The van der Waals surface area contributed by atoms with Crippen molar-refractivity contribution in [3.8, 4) is 23.0 Å². The first kappa shape index (κ1) is 28.3. The molecule has 0 fully saturated rings. The number of nitrogens with one attached hydrogen (secondary N) is 2. The van der Waals surface area contributed by atoms with Crippen LogP contribution in [-0.4, -0.2) is 30.8 Å². The lowest BCUT2D eigenvalue weighted by atomic mass is 10.0. The zero-order valence-corrected chi connectivity index (χ0v) is 21.6. The summed E-state index contributed by atoms with van der Waals surface area (Å²) in [5, 5.41) is 4.10. The molecule has 2 amide bonds. The first-order chi connectivity index (χ1) is 20.2. The molecule has 5 rings (SSSR count). The fourth-order valence-corrected chi connectivity index (χ4v) is 4.15. The number of carbonyl (C=O) groups is 1. The van der Waals surface area contributed by atoms with Gasteiger partial charge in [0.2, 0.25) is 0 Å². The van der Waals surface area contributed by atoms with Crippen molar-refractivity contribution in [2.45, 2.75) is 13.2 Å². The summed E-state index contributed by atoms with van der Waals surface area (Å²) < 4.78 is 77.8. The van der Waals surface area contributed by atoms with Crippen molar-refractivity contribution >= 4 is 23.0 Å². The highest BCUT2D eigenvalue weighted by atomic mass is 19.3. The van der Waals surface area contributed by atoms with Crippen molar-refractivity contribution in [2.24, 2.45) is 0 Å². The Kier molecular flexibility index (Phi) is 8.42. The van der Waals surface area contributed by atoms with Crippen LogP contribution in [0, 0.1) is 5.82 Å². The van der Waals surface area contributed by atoms with E-state index in [0.717, 1.165) is 0 Å². The first-order valence-corrected chi connectivity index (χ1v) is 12.5. The fourth-order valence-electron chi connectivity index (χ4n) is 4.15. The zero-order valence-electron chi connectivity index (χ0n) is 21.6. The molecule has 7 nitrogen and oxygen atoms in total. The van der Waals surface area contributed by atoms with E-state index in [0.29, 0.717) is 39.6 Å². The van der Waals surface area contributed by atoms with Crippen LogP contribution < -0.4 is 25.0 Å². The monoisotopic (exact) mass is 583 g/mol. The summed E-state index contributed by atoms with van der Waals surface area (Å²) in [5.41, 5.74) is 5.99. The van der Waals surface area contributed by atoms with Gasteiger partial charge in [-0.05, 0) is 90.5 Å². The minimum absolute atomic E-state index is 0.00364. The topological polar surface area (TPSA) is 72.1 Å². The second kappa shape index (κ2) is 12.5. The molecule has 0 unspecified atom stereocenters. The molecule has 0 spiro atoms. The number of halogens is 5. The average molecular weight is 584 g/mol. The number of rotatable bonds is 9. The van der Waals surface area contributed by atoms with Crippen LogP contribution in [0.4, 0.5) is 32.4 Å². The van der Waals surface area contributed by atoms with Crippen LogP contribution in [0.3, 0.4) is 0 Å². The van der Waals surface area contributed by atoms with Crippen LogP contribution in [-0.2, 0) is 0 Å². The van der Waals surface area contributed by atoms with Gasteiger partial charge in [-0.25, -0.2) is 14.2 Å². The van der Waals surface area contributed by atoms with E-state index in [4.69, 9.17) is 4.74 Å². The number of alkyl halides is 4. The van der Waals surface area contributed by atoms with Crippen molar-refractivity contribution < 1.29 is 41.0 Å². The standard InChI is InChI=1S/C30H22F5N3O4/c31-20-5-1-18(2-6-20)26-17-38(37-27(26)19-3-9-24(10-4-19)41-28(32)33)30(39)36-21-7-11-22(12-8-21)40-23-13-15-25(16-14-23)42-29(34)35/h1-16,28-29,37H,17H2,(H,36,39). The molecule has 216 valence electrons. The van der Waals surface area contributed by atoms with Gasteiger partial charge in [0.15, 0.2) is 0 Å². The van der Waals surface area contributed by atoms with Gasteiger partial charge >= 0.3 is 19.3 Å². The molecule has 0 aromatic heterocycles. The Morgan fingerprint density at radius 1 is 0.690 bits per heavy atom. The second-order valence-corrected chi connectivity index (χ2v) is 8.87. The summed E-state index contributed by atoms with van der Waals surface area (Å²) in [6.07, 6.45) is 0. The third-order valence-electron chi connectivity index (χ3n) is 6.06. The molecule has 0 aliphatic carbocycles. The Labute approximate surface area is 236 Å². The molecular formula is C30H22F5N3O4. The number of carbonyl (C=O) groups excluding carboxylic acids is 1. The summed E-state index contributed by atoms with van der Waals surface area (Å²) in [4.78, 5) is 13.1. The van der Waals surface area contributed by atoms with Crippen LogP contribution in [0.1, 0.15) is 11.1 Å². The van der Waals surface area contributed by atoms with Gasteiger partial charge in [0, 0.05) is 16.8 Å². The zero-order chi connectivity index (χ0) is 29.6. The molecule has 42 heavy (non-hydrogen) atoms. The number of hydrogen-bond donors (Lipinski definition) is 2. The number of amides is 2. The van der Waals surface area contributed by atoms with Crippen LogP contribution in [0.5, 0.6) is 23.0 Å². The van der Waals surface area contributed by atoms with Crippen molar-refractivity contribution in [3.05, 3.63) is 114 Å². The number of urea groups is 1. The van der Waals surface area contributed by atoms with E-state index in [-0.39, 0.29) is 18.0 Å². The minimum Gasteiger partial charge on any atom is -0.457 e. The molecule has 0 atom stereocenters. The molecule has 4 aromatic rings. The van der Waals surface area contributed by atoms with Gasteiger partial charge in [0.05, 0.1) is 12.2 Å². The number of hydrogen-bond acceptors (Lipinski definition) is 5. The van der Waals surface area contributed by atoms with Crippen LogP contribution in [0.2, 0.25) is 0 Å². The average Bonchev–Trinajstić information content (AvgIpc) is 3.41. The molecule has 1 aliphatic heterocycles. The molecule has 12 heteroatoms. The molecule has 1 heterocycles. The van der Waals surface area contributed by atoms with Gasteiger partial charge in [-0.3, -0.25) is 5.43 Å². The number of nitrogens with zero attached hydrogens (tertiary/aromatic N) is 1. The quantitative estimate of drug-likeness (QED) is 0.197. The van der Waals surface area contributed by atoms with E-state index in [1.165, 1.54) is 53.5 Å². The Hall–Kier alpha value is -5.26. The van der Waals surface area contributed by atoms with E-state index in [2.05, 4.69) is 20.2 Å². The molecule has 4 aromatic carbocycles. The van der Waals surface area contributed by atoms with E-state index < -0.39 is 25.1 Å². The van der Waals surface area contributed by atoms with Gasteiger partial charge in [0.1, 0.15) is 28.8 Å². The predicted octanol–water partition coefficient (Wildman–Crippen LogP) is 7.74. The smallest absolute Gasteiger partial charge is 0.387 e. The normalized spacial score (nSPS) is 12.9. The number of anilines is 1. The maximum atomic E-state index is 13.6. The highest BCUT2D eigenvalue weighted by molar-refractivity contribution is 5.98. The molecule has 0 saturated heterocycles.